The van der Waals surface area contributed by atoms with Crippen LogP contribution in [0.1, 0.15) is 27.3 Å². The molecule has 0 radical (unpaired) electrons. The number of carbonyl (C=O) groups excluding carboxylic acids is 1. The number of nitrogens with zero attached hydrogens (tertiary/aromatic N) is 5. The van der Waals surface area contributed by atoms with Crippen molar-refractivity contribution in [2.24, 2.45) is 0 Å². The highest BCUT2D eigenvalue weighted by Crippen LogP contribution is 2.33. The van der Waals surface area contributed by atoms with Crippen molar-refractivity contribution < 1.29 is 31.1 Å². The van der Waals surface area contributed by atoms with E-state index in [0.29, 0.717) is 28.7 Å². The van der Waals surface area contributed by atoms with Crippen LogP contribution in [0.2, 0.25) is 0 Å². The number of hydrogen-bond acceptors (Lipinski definition) is 4. The summed E-state index contributed by atoms with van der Waals surface area (Å²) in [6, 6.07) is 20.0. The quantitative estimate of drug-likeness (QED) is 0.226. The first-order valence-corrected chi connectivity index (χ1v) is 13.1. The van der Waals surface area contributed by atoms with E-state index in [1.165, 1.54) is 17.0 Å². The molecule has 1 saturated heterocycles. The van der Waals surface area contributed by atoms with Crippen molar-refractivity contribution in [3.63, 3.8) is 0 Å². The molecule has 0 bridgehead atoms. The second-order valence-corrected chi connectivity index (χ2v) is 10.2. The third kappa shape index (κ3) is 5.54. The van der Waals surface area contributed by atoms with Gasteiger partial charge in [0.05, 0.1) is 11.3 Å². The van der Waals surface area contributed by atoms with E-state index in [0.717, 1.165) is 29.0 Å². The molecule has 12 heteroatoms. The first kappa shape index (κ1) is 27.7. The van der Waals surface area contributed by atoms with Gasteiger partial charge >= 0.3 is 12.4 Å². The standard InChI is InChI=1S/C30H23F6N5O/c31-29(32,33)23-7-3-4-19(14-23)18-39-10-12-40(13-11-39)28(42)25-17-27-37-24(16-26(30(34,35)36)41(27)38-25)22-9-8-20-5-1-2-6-21(20)15-22/h1-9,14-17H,10-13,18H2. The van der Waals surface area contributed by atoms with Gasteiger partial charge in [0.25, 0.3) is 5.91 Å². The van der Waals surface area contributed by atoms with E-state index >= 15 is 0 Å². The van der Waals surface area contributed by atoms with Crippen molar-refractivity contribution in [3.8, 4) is 11.3 Å². The summed E-state index contributed by atoms with van der Waals surface area (Å²) in [6.07, 6.45) is -9.19. The minimum absolute atomic E-state index is 0.0997. The maximum Gasteiger partial charge on any atom is 0.433 e. The molecular weight excluding hydrogens is 560 g/mol. The number of halogens is 6. The van der Waals surface area contributed by atoms with Crippen molar-refractivity contribution in [2.75, 3.05) is 26.2 Å². The molecule has 0 N–H and O–H groups in total. The fourth-order valence-corrected chi connectivity index (χ4v) is 5.15. The normalized spacial score (nSPS) is 15.0. The predicted molar refractivity (Wildman–Crippen MR) is 144 cm³/mol. The number of piperazine rings is 1. The van der Waals surface area contributed by atoms with E-state index in [1.54, 1.807) is 18.2 Å². The monoisotopic (exact) mass is 583 g/mol. The summed E-state index contributed by atoms with van der Waals surface area (Å²) in [5.41, 5.74) is -0.973. The van der Waals surface area contributed by atoms with Gasteiger partial charge in [0.1, 0.15) is 0 Å². The van der Waals surface area contributed by atoms with Crippen LogP contribution in [0.3, 0.4) is 0 Å². The van der Waals surface area contributed by atoms with Gasteiger partial charge in [-0.3, -0.25) is 9.69 Å². The average Bonchev–Trinajstić information content (AvgIpc) is 3.40. The summed E-state index contributed by atoms with van der Waals surface area (Å²) in [5, 5.41) is 5.77. The number of carbonyl (C=O) groups is 1. The van der Waals surface area contributed by atoms with Gasteiger partial charge in [0, 0.05) is 44.4 Å². The topological polar surface area (TPSA) is 53.7 Å². The Balaban J connectivity index is 1.22. The molecule has 0 spiro atoms. The minimum atomic E-state index is -4.76. The summed E-state index contributed by atoms with van der Waals surface area (Å²) < 4.78 is 82.1. The van der Waals surface area contributed by atoms with Crippen LogP contribution in [0.15, 0.2) is 78.9 Å². The summed E-state index contributed by atoms with van der Waals surface area (Å²) in [6.45, 7) is 1.53. The average molecular weight is 584 g/mol. The van der Waals surface area contributed by atoms with Gasteiger partial charge in [0.2, 0.25) is 0 Å². The highest BCUT2D eigenvalue weighted by atomic mass is 19.4. The number of aromatic nitrogens is 3. The molecule has 2 aromatic heterocycles. The molecule has 1 amide bonds. The lowest BCUT2D eigenvalue weighted by molar-refractivity contribution is -0.142. The highest BCUT2D eigenvalue weighted by molar-refractivity contribution is 5.93. The third-order valence-electron chi connectivity index (χ3n) is 7.30. The Morgan fingerprint density at radius 1 is 0.762 bits per heavy atom. The number of rotatable bonds is 4. The van der Waals surface area contributed by atoms with Crippen LogP contribution in [0.25, 0.3) is 27.7 Å². The third-order valence-corrected chi connectivity index (χ3v) is 7.30. The van der Waals surface area contributed by atoms with Crippen LogP contribution in [-0.4, -0.2) is 56.5 Å². The molecule has 3 heterocycles. The van der Waals surface area contributed by atoms with Crippen molar-refractivity contribution >= 4 is 22.3 Å². The largest absolute Gasteiger partial charge is 0.433 e. The Kier molecular flexibility index (Phi) is 6.88. The minimum Gasteiger partial charge on any atom is -0.335 e. The van der Waals surface area contributed by atoms with E-state index in [2.05, 4.69) is 10.1 Å². The van der Waals surface area contributed by atoms with Crippen LogP contribution in [0.4, 0.5) is 26.3 Å². The number of fused-ring (bicyclic) bond motifs is 2. The fraction of sp³-hybridized carbons (Fsp3) is 0.233. The number of amides is 1. The van der Waals surface area contributed by atoms with Gasteiger partial charge in [-0.05, 0) is 34.5 Å². The molecule has 6 rings (SSSR count). The predicted octanol–water partition coefficient (Wildman–Crippen LogP) is 6.55. The van der Waals surface area contributed by atoms with Gasteiger partial charge in [-0.2, -0.15) is 31.4 Å². The van der Waals surface area contributed by atoms with Gasteiger partial charge < -0.3 is 4.90 Å². The van der Waals surface area contributed by atoms with Gasteiger partial charge in [-0.15, -0.1) is 0 Å². The molecule has 1 fully saturated rings. The number of hydrogen-bond donors (Lipinski definition) is 0. The zero-order chi connectivity index (χ0) is 29.6. The smallest absolute Gasteiger partial charge is 0.335 e. The number of alkyl halides is 6. The van der Waals surface area contributed by atoms with E-state index < -0.39 is 29.5 Å². The Labute approximate surface area is 235 Å². The van der Waals surface area contributed by atoms with Crippen molar-refractivity contribution in [2.45, 2.75) is 18.9 Å². The van der Waals surface area contributed by atoms with Gasteiger partial charge in [-0.25, -0.2) is 9.50 Å². The fourth-order valence-electron chi connectivity index (χ4n) is 5.15. The van der Waals surface area contributed by atoms with E-state index in [9.17, 15) is 31.1 Å². The SMILES string of the molecule is O=C(c1cc2nc(-c3ccc4ccccc4c3)cc(C(F)(F)F)n2n1)N1CCN(Cc2cccc(C(F)(F)F)c2)CC1. The lowest BCUT2D eigenvalue weighted by Gasteiger charge is -2.34. The van der Waals surface area contributed by atoms with Crippen LogP contribution in [-0.2, 0) is 18.9 Å². The Morgan fingerprint density at radius 3 is 2.21 bits per heavy atom. The summed E-state index contributed by atoms with van der Waals surface area (Å²) in [5.74, 6) is -0.542. The highest BCUT2D eigenvalue weighted by Gasteiger charge is 2.36. The second kappa shape index (κ2) is 10.4. The lowest BCUT2D eigenvalue weighted by Crippen LogP contribution is -2.48. The summed E-state index contributed by atoms with van der Waals surface area (Å²) in [4.78, 5) is 21.0. The van der Waals surface area contributed by atoms with E-state index in [-0.39, 0.29) is 36.7 Å². The maximum atomic E-state index is 14.1. The molecule has 5 aromatic rings. The molecule has 0 aliphatic carbocycles. The second-order valence-electron chi connectivity index (χ2n) is 10.2. The first-order valence-electron chi connectivity index (χ1n) is 13.1. The first-order chi connectivity index (χ1) is 20.0. The Bertz CT molecular complexity index is 1790. The zero-order valence-electron chi connectivity index (χ0n) is 22.0. The zero-order valence-corrected chi connectivity index (χ0v) is 22.0. The van der Waals surface area contributed by atoms with Crippen molar-refractivity contribution in [3.05, 3.63) is 101 Å². The van der Waals surface area contributed by atoms with Crippen LogP contribution in [0, 0.1) is 0 Å². The lowest BCUT2D eigenvalue weighted by atomic mass is 10.0. The van der Waals surface area contributed by atoms with E-state index in [4.69, 9.17) is 0 Å². The van der Waals surface area contributed by atoms with Crippen molar-refractivity contribution in [1.29, 1.82) is 0 Å². The Hall–Kier alpha value is -4.45. The van der Waals surface area contributed by atoms with Gasteiger partial charge in [0.15, 0.2) is 17.0 Å². The van der Waals surface area contributed by atoms with Crippen LogP contribution in [0.5, 0.6) is 0 Å². The molecule has 1 aliphatic heterocycles. The molecule has 42 heavy (non-hydrogen) atoms. The molecule has 216 valence electrons. The van der Waals surface area contributed by atoms with Crippen molar-refractivity contribution in [1.82, 2.24) is 24.4 Å². The van der Waals surface area contributed by atoms with E-state index in [1.807, 2.05) is 35.2 Å². The molecular formula is C30H23F6N5O. The summed E-state index contributed by atoms with van der Waals surface area (Å²) >= 11 is 0. The van der Waals surface area contributed by atoms with Crippen LogP contribution < -0.4 is 0 Å². The molecule has 6 nitrogen and oxygen atoms in total. The summed E-state index contributed by atoms with van der Waals surface area (Å²) in [7, 11) is 0. The Morgan fingerprint density at radius 2 is 1.50 bits per heavy atom. The molecule has 3 aromatic carbocycles. The molecule has 0 saturated carbocycles. The maximum absolute atomic E-state index is 14.1. The molecule has 1 aliphatic rings. The molecule has 0 atom stereocenters. The number of benzene rings is 3. The molecule has 0 unspecified atom stereocenters. The van der Waals surface area contributed by atoms with Gasteiger partial charge in [-0.1, -0.05) is 54.6 Å². The van der Waals surface area contributed by atoms with Crippen LogP contribution >= 0.6 is 0 Å².